The van der Waals surface area contributed by atoms with Crippen LogP contribution in [0.4, 0.5) is 0 Å². The van der Waals surface area contributed by atoms with Gasteiger partial charge in [0.25, 0.3) is 0 Å². The van der Waals surface area contributed by atoms with Gasteiger partial charge in [-0.25, -0.2) is 9.59 Å². The number of aromatic amines is 2. The van der Waals surface area contributed by atoms with E-state index in [1.165, 1.54) is 14.2 Å². The number of carbonyl (C=O) groups is 2. The van der Waals surface area contributed by atoms with Crippen LogP contribution in [0, 0.1) is 0 Å². The number of esters is 2. The molecule has 0 saturated carbocycles. The van der Waals surface area contributed by atoms with Crippen molar-refractivity contribution in [3.8, 4) is 0 Å². The van der Waals surface area contributed by atoms with Crippen LogP contribution in [0.1, 0.15) is 43.2 Å². The summed E-state index contributed by atoms with van der Waals surface area (Å²) in [5.74, 6) is -0.677. The molecular weight excluding hydrogens is 528 g/mol. The van der Waals surface area contributed by atoms with Gasteiger partial charge in [-0.1, -0.05) is 24.3 Å². The highest BCUT2D eigenvalue weighted by atomic mass is 16.5. The molecule has 0 fully saturated rings. The van der Waals surface area contributed by atoms with Gasteiger partial charge in [-0.3, -0.25) is 9.98 Å². The summed E-state index contributed by atoms with van der Waals surface area (Å²) in [6.07, 6.45) is 15.0. The molecule has 0 unspecified atom stereocenters. The topological polar surface area (TPSA) is 109 Å². The van der Waals surface area contributed by atoms with Crippen LogP contribution in [0.2, 0.25) is 0 Å². The van der Waals surface area contributed by atoms with Gasteiger partial charge >= 0.3 is 11.9 Å². The second-order valence-electron chi connectivity index (χ2n) is 9.10. The number of nitrogens with zero attached hydrogens (tertiary/aromatic N) is 2. The fraction of sp³-hybridized carbons (Fsp3) is 0.0588. The van der Waals surface area contributed by atoms with Crippen molar-refractivity contribution in [2.75, 3.05) is 14.2 Å². The van der Waals surface area contributed by atoms with Gasteiger partial charge < -0.3 is 19.4 Å². The van der Waals surface area contributed by atoms with E-state index in [4.69, 9.17) is 9.47 Å². The van der Waals surface area contributed by atoms with Crippen molar-refractivity contribution in [2.45, 2.75) is 0 Å². The molecule has 4 heterocycles. The van der Waals surface area contributed by atoms with Crippen LogP contribution in [0.3, 0.4) is 0 Å². The molecule has 8 heteroatoms. The summed E-state index contributed by atoms with van der Waals surface area (Å²) in [6.45, 7) is 0. The predicted molar refractivity (Wildman–Crippen MR) is 164 cm³/mol. The summed E-state index contributed by atoms with van der Waals surface area (Å²) in [5, 5.41) is 0. The summed E-state index contributed by atoms with van der Waals surface area (Å²) in [5.41, 5.74) is 8.80. The minimum Gasteiger partial charge on any atom is -0.465 e. The van der Waals surface area contributed by atoms with Gasteiger partial charge in [-0.15, -0.1) is 0 Å². The van der Waals surface area contributed by atoms with E-state index in [-0.39, 0.29) is 11.9 Å². The number of methoxy groups -OCH3 is 2. The molecule has 2 aliphatic heterocycles. The minimum absolute atomic E-state index is 0.339. The number of nitrogens with one attached hydrogen (secondary N) is 2. The quantitative estimate of drug-likeness (QED) is 0.268. The van der Waals surface area contributed by atoms with Crippen molar-refractivity contribution < 1.29 is 19.1 Å². The molecule has 6 rings (SSSR count). The molecule has 2 aromatic carbocycles. The van der Waals surface area contributed by atoms with Crippen molar-refractivity contribution in [3.05, 3.63) is 155 Å². The summed E-state index contributed by atoms with van der Waals surface area (Å²) in [6, 6.07) is 22.5. The van der Waals surface area contributed by atoms with Crippen molar-refractivity contribution in [3.63, 3.8) is 0 Å². The fourth-order valence-electron chi connectivity index (χ4n) is 4.53. The highest BCUT2D eigenvalue weighted by Crippen LogP contribution is 2.30. The lowest BCUT2D eigenvalue weighted by atomic mass is 9.99. The molecule has 42 heavy (non-hydrogen) atoms. The molecule has 0 radical (unpaired) electrons. The molecule has 0 atom stereocenters. The third-order valence-corrected chi connectivity index (χ3v) is 6.54. The van der Waals surface area contributed by atoms with Gasteiger partial charge in [0, 0.05) is 47.4 Å². The Morgan fingerprint density at radius 2 is 0.952 bits per heavy atom. The third kappa shape index (κ3) is 6.18. The van der Waals surface area contributed by atoms with E-state index in [0.717, 1.165) is 45.1 Å². The lowest BCUT2D eigenvalue weighted by Gasteiger charge is -2.09. The molecule has 8 nitrogen and oxygen atoms in total. The molecule has 0 saturated heterocycles. The molecule has 4 aromatic rings. The Balaban J connectivity index is 0.000000168. The molecular formula is C34H28N4O4. The Morgan fingerprint density at radius 3 is 1.24 bits per heavy atom. The second kappa shape index (κ2) is 13.1. The smallest absolute Gasteiger partial charge is 0.337 e. The Kier molecular flexibility index (Phi) is 8.64. The highest BCUT2D eigenvalue weighted by molar-refractivity contribution is 5.93. The average molecular weight is 557 g/mol. The van der Waals surface area contributed by atoms with E-state index in [1.54, 1.807) is 36.7 Å². The van der Waals surface area contributed by atoms with E-state index in [2.05, 4.69) is 20.0 Å². The number of H-pyrrole nitrogens is 2. The maximum Gasteiger partial charge on any atom is 0.337 e. The van der Waals surface area contributed by atoms with Gasteiger partial charge in [-0.05, 0) is 84.0 Å². The fourth-order valence-corrected chi connectivity index (χ4v) is 4.53. The summed E-state index contributed by atoms with van der Waals surface area (Å²) in [4.78, 5) is 38.2. The number of hydrogen-bond acceptors (Lipinski definition) is 6. The zero-order chi connectivity index (χ0) is 29.3. The van der Waals surface area contributed by atoms with Crippen LogP contribution in [-0.4, -0.2) is 48.6 Å². The number of hydrogen-bond donors (Lipinski definition) is 2. The van der Waals surface area contributed by atoms with Gasteiger partial charge in [0.15, 0.2) is 0 Å². The Hall–Kier alpha value is -5.76. The number of carbonyl (C=O) groups excluding carboxylic acids is 2. The van der Waals surface area contributed by atoms with Crippen molar-refractivity contribution in [1.82, 2.24) is 9.97 Å². The molecule has 0 spiro atoms. The first kappa shape index (κ1) is 27.8. The lowest BCUT2D eigenvalue weighted by molar-refractivity contribution is 0.0592. The van der Waals surface area contributed by atoms with E-state index < -0.39 is 0 Å². The standard InChI is InChI=1S/2C17H14N2O2/c2*1-21-17(20)13-8-6-12(7-9-13)16(14-4-2-10-18-14)15-5-3-11-19-15/h2*2-11,18H,1H3/b2*16-15-. The molecule has 0 amide bonds. The Labute approximate surface area is 243 Å². The number of ether oxygens (including phenoxy) is 2. The van der Waals surface area contributed by atoms with Gasteiger partial charge in [0.2, 0.25) is 0 Å². The summed E-state index contributed by atoms with van der Waals surface area (Å²) >= 11 is 0. The second-order valence-corrected chi connectivity index (χ2v) is 9.10. The Bertz CT molecular complexity index is 1570. The van der Waals surface area contributed by atoms with Gasteiger partial charge in [0.1, 0.15) is 0 Å². The van der Waals surface area contributed by atoms with Crippen LogP contribution < -0.4 is 0 Å². The maximum atomic E-state index is 11.5. The van der Waals surface area contributed by atoms with Crippen LogP contribution >= 0.6 is 0 Å². The SMILES string of the molecule is COC(=O)c1ccc(/C(=C2\C=CC=N2)c2ccc[nH]2)cc1.COC(=O)c1ccc(/C(=C2\C=CC=N2)c2ccc[nH]2)cc1. The first-order valence-corrected chi connectivity index (χ1v) is 13.1. The maximum absolute atomic E-state index is 11.5. The van der Waals surface area contributed by atoms with E-state index in [0.29, 0.717) is 11.1 Å². The van der Waals surface area contributed by atoms with E-state index >= 15 is 0 Å². The van der Waals surface area contributed by atoms with Crippen molar-refractivity contribution >= 4 is 35.5 Å². The largest absolute Gasteiger partial charge is 0.465 e. The van der Waals surface area contributed by atoms with Crippen LogP contribution in [0.25, 0.3) is 11.1 Å². The minimum atomic E-state index is -0.339. The first-order valence-electron chi connectivity index (χ1n) is 13.1. The number of allylic oxidation sites excluding steroid dienone is 4. The van der Waals surface area contributed by atoms with Crippen LogP contribution in [0.5, 0.6) is 0 Å². The van der Waals surface area contributed by atoms with E-state index in [9.17, 15) is 9.59 Å². The number of aliphatic imine (C=N–C) groups is 2. The average Bonchev–Trinajstić information content (AvgIpc) is 3.87. The lowest BCUT2D eigenvalue weighted by Crippen LogP contribution is -2.01. The number of aromatic nitrogens is 2. The summed E-state index contributed by atoms with van der Waals surface area (Å²) in [7, 11) is 2.75. The normalized spacial score (nSPS) is 15.3. The molecule has 0 aliphatic carbocycles. The molecule has 2 aromatic heterocycles. The van der Waals surface area contributed by atoms with Gasteiger partial charge in [0.05, 0.1) is 36.7 Å². The number of benzene rings is 2. The monoisotopic (exact) mass is 556 g/mol. The van der Waals surface area contributed by atoms with Crippen molar-refractivity contribution in [1.29, 1.82) is 0 Å². The van der Waals surface area contributed by atoms with E-state index in [1.807, 2.05) is 85.2 Å². The molecule has 2 N–H and O–H groups in total. The highest BCUT2D eigenvalue weighted by Gasteiger charge is 2.15. The zero-order valence-electron chi connectivity index (χ0n) is 23.1. The number of rotatable bonds is 6. The predicted octanol–water partition coefficient (Wildman–Crippen LogP) is 6.40. The zero-order valence-corrected chi connectivity index (χ0v) is 23.1. The van der Waals surface area contributed by atoms with Gasteiger partial charge in [-0.2, -0.15) is 0 Å². The third-order valence-electron chi connectivity index (χ3n) is 6.54. The molecule has 208 valence electrons. The Morgan fingerprint density at radius 1 is 0.571 bits per heavy atom. The summed E-state index contributed by atoms with van der Waals surface area (Å²) < 4.78 is 9.43. The first-order chi connectivity index (χ1) is 20.6. The van der Waals surface area contributed by atoms with Crippen LogP contribution in [0.15, 0.2) is 131 Å². The van der Waals surface area contributed by atoms with Crippen molar-refractivity contribution in [2.24, 2.45) is 9.98 Å². The van der Waals surface area contributed by atoms with Crippen LogP contribution in [-0.2, 0) is 9.47 Å². The molecule has 0 bridgehead atoms. The molecule has 2 aliphatic rings.